The zero-order chi connectivity index (χ0) is 21.4. The molecule has 0 bridgehead atoms. The van der Waals surface area contributed by atoms with Gasteiger partial charge in [0.2, 0.25) is 0 Å². The van der Waals surface area contributed by atoms with E-state index in [2.05, 4.69) is 77.6 Å². The molecule has 0 radical (unpaired) electrons. The van der Waals surface area contributed by atoms with E-state index in [0.29, 0.717) is 5.92 Å². The van der Waals surface area contributed by atoms with Crippen molar-refractivity contribution >= 4 is 17.3 Å². The molecule has 3 aromatic rings. The van der Waals surface area contributed by atoms with Crippen molar-refractivity contribution in [1.29, 1.82) is 0 Å². The Morgan fingerprint density at radius 2 is 1.83 bits per heavy atom. The molecule has 1 fully saturated rings. The van der Waals surface area contributed by atoms with Crippen LogP contribution in [0.4, 0.5) is 0 Å². The Morgan fingerprint density at radius 3 is 2.50 bits per heavy atom. The quantitative estimate of drug-likeness (QED) is 0.601. The lowest BCUT2D eigenvalue weighted by Crippen LogP contribution is -2.33. The first-order valence-corrected chi connectivity index (χ1v) is 10.9. The predicted octanol–water partition coefficient (Wildman–Crippen LogP) is 4.82. The average molecular weight is 420 g/mol. The molecule has 0 unspecified atom stereocenters. The molecule has 3 aromatic heterocycles. The van der Waals surface area contributed by atoms with Crippen LogP contribution in [0.25, 0.3) is 5.82 Å². The largest absolute Gasteiger partial charge is 0.352 e. The van der Waals surface area contributed by atoms with Gasteiger partial charge < -0.3 is 14.8 Å². The second-order valence-corrected chi connectivity index (χ2v) is 8.87. The van der Waals surface area contributed by atoms with Gasteiger partial charge in [0.05, 0.1) is 17.8 Å². The Kier molecular flexibility index (Phi) is 5.60. The lowest BCUT2D eigenvalue weighted by molar-refractivity contribution is 0.287. The minimum absolute atomic E-state index is 0.0104. The first-order valence-electron chi connectivity index (χ1n) is 10.5. The second-order valence-electron chi connectivity index (χ2n) is 8.48. The fraction of sp³-hybridized carbons (Fsp3) is 0.375. The summed E-state index contributed by atoms with van der Waals surface area (Å²) in [5.41, 5.74) is 5.80. The lowest BCUT2D eigenvalue weighted by Gasteiger charge is -2.29. The predicted molar refractivity (Wildman–Crippen MR) is 125 cm³/mol. The van der Waals surface area contributed by atoms with Gasteiger partial charge >= 0.3 is 0 Å². The molecule has 30 heavy (non-hydrogen) atoms. The normalized spacial score (nSPS) is 18.9. The van der Waals surface area contributed by atoms with E-state index in [1.165, 1.54) is 17.0 Å². The molecule has 1 N–H and O–H groups in total. The van der Waals surface area contributed by atoms with E-state index in [9.17, 15) is 0 Å². The maximum atomic E-state index is 5.78. The molecule has 4 heterocycles. The Bertz CT molecular complexity index is 1060. The lowest BCUT2D eigenvalue weighted by atomic mass is 9.96. The fourth-order valence-electron chi connectivity index (χ4n) is 4.46. The summed E-state index contributed by atoms with van der Waals surface area (Å²) in [5.74, 6) is 1.48. The highest BCUT2D eigenvalue weighted by molar-refractivity contribution is 7.80. The summed E-state index contributed by atoms with van der Waals surface area (Å²) in [6.07, 6.45) is 3.71. The third-order valence-corrected chi connectivity index (χ3v) is 6.09. The van der Waals surface area contributed by atoms with Crippen molar-refractivity contribution in [2.75, 3.05) is 6.54 Å². The Balaban J connectivity index is 1.85. The van der Waals surface area contributed by atoms with E-state index in [4.69, 9.17) is 12.2 Å². The first kappa shape index (κ1) is 20.5. The van der Waals surface area contributed by atoms with Gasteiger partial charge in [-0.15, -0.1) is 0 Å². The number of nitrogens with one attached hydrogen (secondary N) is 1. The Morgan fingerprint density at radius 1 is 1.07 bits per heavy atom. The van der Waals surface area contributed by atoms with Crippen LogP contribution in [0.15, 0.2) is 48.8 Å². The molecule has 1 saturated heterocycles. The number of hydrogen-bond acceptors (Lipinski definition) is 3. The summed E-state index contributed by atoms with van der Waals surface area (Å²) < 4.78 is 2.26. The molecule has 2 atom stereocenters. The SMILES string of the molecule is Cc1cccnc1-n1c(C)cc([C@@H]2[C@@H](c3ccccn3)NC(=S)N2CC(C)C)c1C. The topological polar surface area (TPSA) is 46.0 Å². The van der Waals surface area contributed by atoms with Crippen molar-refractivity contribution < 1.29 is 0 Å². The van der Waals surface area contributed by atoms with Crippen LogP contribution < -0.4 is 5.32 Å². The molecular formula is C24H29N5S. The van der Waals surface area contributed by atoms with Crippen LogP contribution in [0.2, 0.25) is 0 Å². The number of nitrogens with zero attached hydrogens (tertiary/aromatic N) is 4. The van der Waals surface area contributed by atoms with E-state index in [-0.39, 0.29) is 12.1 Å². The van der Waals surface area contributed by atoms with Crippen LogP contribution in [0.5, 0.6) is 0 Å². The smallest absolute Gasteiger partial charge is 0.170 e. The van der Waals surface area contributed by atoms with Crippen LogP contribution >= 0.6 is 12.2 Å². The highest BCUT2D eigenvalue weighted by Gasteiger charge is 2.41. The van der Waals surface area contributed by atoms with Gasteiger partial charge in [-0.25, -0.2) is 4.98 Å². The van der Waals surface area contributed by atoms with Crippen molar-refractivity contribution in [3.8, 4) is 5.82 Å². The second kappa shape index (κ2) is 8.19. The molecule has 0 spiro atoms. The summed E-state index contributed by atoms with van der Waals surface area (Å²) >= 11 is 5.78. The van der Waals surface area contributed by atoms with Crippen molar-refractivity contribution in [3.63, 3.8) is 0 Å². The minimum Gasteiger partial charge on any atom is -0.352 e. The van der Waals surface area contributed by atoms with Crippen LogP contribution in [-0.4, -0.2) is 31.1 Å². The van der Waals surface area contributed by atoms with E-state index in [1.807, 2.05) is 30.6 Å². The number of pyridine rings is 2. The highest BCUT2D eigenvalue weighted by atomic mass is 32.1. The number of hydrogen-bond donors (Lipinski definition) is 1. The van der Waals surface area contributed by atoms with E-state index in [1.54, 1.807) is 0 Å². The van der Waals surface area contributed by atoms with Gasteiger partial charge in [0.1, 0.15) is 5.82 Å². The van der Waals surface area contributed by atoms with E-state index < -0.39 is 0 Å². The molecule has 5 nitrogen and oxygen atoms in total. The summed E-state index contributed by atoms with van der Waals surface area (Å²) in [5, 5.41) is 4.35. The molecule has 0 aliphatic carbocycles. The number of thiocarbonyl (C=S) groups is 1. The fourth-order valence-corrected chi connectivity index (χ4v) is 4.77. The van der Waals surface area contributed by atoms with Crippen LogP contribution in [-0.2, 0) is 0 Å². The summed E-state index contributed by atoms with van der Waals surface area (Å²) in [4.78, 5) is 11.6. The summed E-state index contributed by atoms with van der Waals surface area (Å²) in [7, 11) is 0. The van der Waals surface area contributed by atoms with Gasteiger partial charge in [-0.05, 0) is 74.3 Å². The molecule has 1 aliphatic rings. The molecular weight excluding hydrogens is 390 g/mol. The molecule has 156 valence electrons. The van der Waals surface area contributed by atoms with Crippen molar-refractivity contribution in [1.82, 2.24) is 24.8 Å². The third kappa shape index (κ3) is 3.60. The van der Waals surface area contributed by atoms with E-state index >= 15 is 0 Å². The Hall–Kier alpha value is -2.73. The molecule has 0 amide bonds. The maximum Gasteiger partial charge on any atom is 0.170 e. The molecule has 0 aromatic carbocycles. The number of aryl methyl sites for hydroxylation is 2. The van der Waals surface area contributed by atoms with Crippen LogP contribution in [0, 0.1) is 26.7 Å². The summed E-state index contributed by atoms with van der Waals surface area (Å²) in [6, 6.07) is 12.5. The Labute approximate surface area is 184 Å². The van der Waals surface area contributed by atoms with E-state index in [0.717, 1.165) is 28.7 Å². The molecule has 1 aliphatic heterocycles. The van der Waals surface area contributed by atoms with Crippen molar-refractivity contribution in [3.05, 3.63) is 77.0 Å². The molecule has 6 heteroatoms. The van der Waals surface area contributed by atoms with Crippen molar-refractivity contribution in [2.24, 2.45) is 5.92 Å². The van der Waals surface area contributed by atoms with Gasteiger partial charge in [0, 0.05) is 30.3 Å². The minimum atomic E-state index is 0.0104. The zero-order valence-electron chi connectivity index (χ0n) is 18.3. The zero-order valence-corrected chi connectivity index (χ0v) is 19.1. The standard InChI is InChI=1S/C24H29N5S/c1-15(2)14-28-22(21(27-24(28)30)20-10-6-7-11-25-20)19-13-17(4)29(18(19)5)23-16(3)9-8-12-26-23/h6-13,15,21-22H,14H2,1-5H3,(H,27,30)/t21-,22-/m1/s1. The third-order valence-electron chi connectivity index (χ3n) is 5.74. The molecule has 0 saturated carbocycles. The monoisotopic (exact) mass is 419 g/mol. The van der Waals surface area contributed by atoms with Gasteiger partial charge in [-0.3, -0.25) is 4.98 Å². The number of rotatable bonds is 5. The highest BCUT2D eigenvalue weighted by Crippen LogP contribution is 2.41. The van der Waals surface area contributed by atoms with Gasteiger partial charge in [0.15, 0.2) is 5.11 Å². The van der Waals surface area contributed by atoms with Crippen LogP contribution in [0.3, 0.4) is 0 Å². The average Bonchev–Trinajstić information content (AvgIpc) is 3.18. The van der Waals surface area contributed by atoms with Crippen molar-refractivity contribution in [2.45, 2.75) is 46.7 Å². The van der Waals surface area contributed by atoms with Gasteiger partial charge in [0.25, 0.3) is 0 Å². The summed E-state index contributed by atoms with van der Waals surface area (Å²) in [6.45, 7) is 11.8. The maximum absolute atomic E-state index is 5.78. The van der Waals surface area contributed by atoms with Gasteiger partial charge in [-0.1, -0.05) is 26.0 Å². The van der Waals surface area contributed by atoms with Gasteiger partial charge in [-0.2, -0.15) is 0 Å². The first-order chi connectivity index (χ1) is 14.4. The molecule has 4 rings (SSSR count). The van der Waals surface area contributed by atoms with Crippen LogP contribution in [0.1, 0.15) is 54.1 Å². The number of aromatic nitrogens is 3.